The molecule has 0 spiro atoms. The van der Waals surface area contributed by atoms with E-state index in [4.69, 9.17) is 18.5 Å². The van der Waals surface area contributed by atoms with Gasteiger partial charge in [-0.15, -0.1) is 0 Å². The molecule has 2 unspecified atom stereocenters. The van der Waals surface area contributed by atoms with Gasteiger partial charge in [0, 0.05) is 13.0 Å². The minimum Gasteiger partial charge on any atom is -0.457 e. The van der Waals surface area contributed by atoms with Crippen molar-refractivity contribution in [3.63, 3.8) is 0 Å². The van der Waals surface area contributed by atoms with Crippen molar-refractivity contribution in [2.24, 2.45) is 0 Å². The van der Waals surface area contributed by atoms with Crippen molar-refractivity contribution in [2.45, 2.75) is 270 Å². The molecular weight excluding hydrogens is 842 g/mol. The lowest BCUT2D eigenvalue weighted by molar-refractivity contribution is -0.870. The first kappa shape index (κ1) is 64.7. The van der Waals surface area contributed by atoms with Crippen LogP contribution in [-0.2, 0) is 27.9 Å². The van der Waals surface area contributed by atoms with Gasteiger partial charge in [-0.1, -0.05) is 224 Å². The van der Waals surface area contributed by atoms with E-state index in [9.17, 15) is 14.3 Å². The second kappa shape index (κ2) is 50.1. The number of likely N-dealkylation sites (N-methyl/N-ethyl adjacent to an activating group) is 1. The van der Waals surface area contributed by atoms with Crippen LogP contribution in [0.2, 0.25) is 0 Å². The molecule has 0 saturated heterocycles. The summed E-state index contributed by atoms with van der Waals surface area (Å²) in [7, 11) is 1.67. The van der Waals surface area contributed by atoms with Crippen LogP contribution in [0.3, 0.4) is 0 Å². The maximum atomic E-state index is 12.8. The Bertz CT molecular complexity index is 1150. The van der Waals surface area contributed by atoms with Gasteiger partial charge in [0.15, 0.2) is 0 Å². The first-order chi connectivity index (χ1) is 32.1. The van der Waals surface area contributed by atoms with Gasteiger partial charge in [0.2, 0.25) is 0 Å². The van der Waals surface area contributed by atoms with E-state index in [0.717, 1.165) is 44.9 Å². The van der Waals surface area contributed by atoms with E-state index in [-0.39, 0.29) is 25.8 Å². The normalized spacial score (nSPS) is 13.7. The zero-order valence-corrected chi connectivity index (χ0v) is 45.3. The molecule has 66 heavy (non-hydrogen) atoms. The number of hydrogen-bond donors (Lipinski definition) is 1. The number of rotatable bonds is 53. The second-order valence-corrected chi connectivity index (χ2v) is 21.8. The average molecular weight is 953 g/mol. The molecule has 2 atom stereocenters. The molecule has 0 heterocycles. The number of phosphoric ester groups is 1. The quantitative estimate of drug-likeness (QED) is 0.0213. The number of unbranched alkanes of at least 4 members (excludes halogenated alkanes) is 33. The lowest BCUT2D eigenvalue weighted by Crippen LogP contribution is -2.37. The van der Waals surface area contributed by atoms with Gasteiger partial charge in [-0.05, 0) is 70.6 Å². The van der Waals surface area contributed by atoms with E-state index in [1.807, 2.05) is 21.1 Å². The van der Waals surface area contributed by atoms with Crippen molar-refractivity contribution in [1.82, 2.24) is 0 Å². The number of esters is 1. The van der Waals surface area contributed by atoms with Gasteiger partial charge in [0.1, 0.15) is 19.3 Å². The fourth-order valence-electron chi connectivity index (χ4n) is 8.05. The van der Waals surface area contributed by atoms with Crippen molar-refractivity contribution < 1.29 is 37.3 Å². The first-order valence-corrected chi connectivity index (χ1v) is 29.7. The van der Waals surface area contributed by atoms with Crippen LogP contribution >= 0.6 is 7.82 Å². The van der Waals surface area contributed by atoms with E-state index in [1.165, 1.54) is 199 Å². The predicted molar refractivity (Wildman–Crippen MR) is 284 cm³/mol. The van der Waals surface area contributed by atoms with E-state index in [0.29, 0.717) is 24.1 Å². The van der Waals surface area contributed by atoms with Gasteiger partial charge < -0.3 is 18.9 Å². The molecule has 0 aliphatic carbocycles. The average Bonchev–Trinajstić information content (AvgIpc) is 3.28. The fourth-order valence-corrected chi connectivity index (χ4v) is 8.79. The number of hydrogen-bond acceptors (Lipinski definition) is 6. The van der Waals surface area contributed by atoms with Crippen molar-refractivity contribution in [2.75, 3.05) is 54.1 Å². The molecule has 0 aliphatic rings. The van der Waals surface area contributed by atoms with Crippen molar-refractivity contribution in [3.05, 3.63) is 36.5 Å². The number of nitrogens with zero attached hydrogens (tertiary/aromatic N) is 1. The summed E-state index contributed by atoms with van der Waals surface area (Å²) in [5.41, 5.74) is 0. The summed E-state index contributed by atoms with van der Waals surface area (Å²) in [5, 5.41) is 0. The van der Waals surface area contributed by atoms with Crippen LogP contribution in [0.15, 0.2) is 36.5 Å². The minimum atomic E-state index is -4.28. The zero-order chi connectivity index (χ0) is 48.3. The van der Waals surface area contributed by atoms with Gasteiger partial charge in [-0.2, -0.15) is 0 Å². The number of allylic oxidation sites excluding steroid dienone is 6. The number of phosphoric acid groups is 1. The number of carbonyl (C=O) groups is 1. The molecular formula is C57H111NO7P+. The van der Waals surface area contributed by atoms with Crippen LogP contribution in [-0.4, -0.2) is 75.6 Å². The molecule has 0 aromatic carbocycles. The highest BCUT2D eigenvalue weighted by Gasteiger charge is 2.26. The minimum absolute atomic E-state index is 0.0878. The van der Waals surface area contributed by atoms with Gasteiger partial charge in [0.25, 0.3) is 0 Å². The van der Waals surface area contributed by atoms with Crippen LogP contribution in [0.5, 0.6) is 0 Å². The Labute approximate surface area is 410 Å². The molecule has 0 saturated carbocycles. The Morgan fingerprint density at radius 3 is 1.26 bits per heavy atom. The lowest BCUT2D eigenvalue weighted by Gasteiger charge is -2.24. The largest absolute Gasteiger partial charge is 0.472 e. The summed E-state index contributed by atoms with van der Waals surface area (Å²) in [6.45, 7) is 5.64. The second-order valence-electron chi connectivity index (χ2n) is 20.3. The highest BCUT2D eigenvalue weighted by molar-refractivity contribution is 7.47. The van der Waals surface area contributed by atoms with Crippen molar-refractivity contribution in [3.8, 4) is 0 Å². The summed E-state index contributed by atoms with van der Waals surface area (Å²) in [6.07, 6.45) is 62.0. The topological polar surface area (TPSA) is 91.3 Å². The Hall–Kier alpha value is -1.28. The number of ether oxygens (including phenoxy) is 2. The summed E-state index contributed by atoms with van der Waals surface area (Å²) < 4.78 is 35.2. The Kier molecular flexibility index (Phi) is 49.1. The lowest BCUT2D eigenvalue weighted by atomic mass is 10.0. The first-order valence-electron chi connectivity index (χ1n) is 28.2. The molecule has 1 N–H and O–H groups in total. The predicted octanol–water partition coefficient (Wildman–Crippen LogP) is 17.7. The molecule has 0 fully saturated rings. The van der Waals surface area contributed by atoms with Crippen LogP contribution in [0.1, 0.15) is 264 Å². The summed E-state index contributed by atoms with van der Waals surface area (Å²) in [5.74, 6) is -0.317. The van der Waals surface area contributed by atoms with Gasteiger partial charge in [0.05, 0.1) is 34.4 Å². The standard InChI is InChI=1S/C57H110NO7P/c1-6-8-10-12-14-16-18-20-22-24-26-27-28-29-30-31-32-33-35-37-39-41-43-45-47-49-52-62-54-56(55-64-66(60,61)63-53-51-58(3,4)5)65-57(59)50-48-46-44-42-40-38-36-34-25-23-21-19-17-15-13-11-9-7-2/h17,19,23-26,56H,6-16,18,20-22,27-55H2,1-5H3/p+1/b19-17-,25-23-,26-24-. The molecule has 8 nitrogen and oxygen atoms in total. The van der Waals surface area contributed by atoms with E-state index in [1.54, 1.807) is 0 Å². The number of carbonyl (C=O) groups excluding carboxylic acids is 1. The SMILES string of the molecule is CCCCCC/C=C\C/C=C\CCCCCCCCCC(=O)OC(COCCCCCCCCCCCCCCCC/C=C\CCCCCCCCCC)COP(=O)(O)OCC[N+](C)(C)C. The Morgan fingerprint density at radius 2 is 0.833 bits per heavy atom. The molecule has 0 aromatic rings. The fraction of sp³-hybridized carbons (Fsp3) is 0.877. The van der Waals surface area contributed by atoms with Gasteiger partial charge in [-0.3, -0.25) is 13.8 Å². The zero-order valence-electron chi connectivity index (χ0n) is 44.4. The Morgan fingerprint density at radius 1 is 0.470 bits per heavy atom. The van der Waals surface area contributed by atoms with Crippen LogP contribution in [0.25, 0.3) is 0 Å². The number of quaternary nitrogens is 1. The van der Waals surface area contributed by atoms with Gasteiger partial charge in [-0.25, -0.2) is 4.57 Å². The monoisotopic (exact) mass is 953 g/mol. The Balaban J connectivity index is 4.05. The molecule has 0 rings (SSSR count). The molecule has 0 bridgehead atoms. The molecule has 0 aliphatic heterocycles. The van der Waals surface area contributed by atoms with Gasteiger partial charge >= 0.3 is 13.8 Å². The highest BCUT2D eigenvalue weighted by Crippen LogP contribution is 2.43. The molecule has 0 aromatic heterocycles. The van der Waals surface area contributed by atoms with E-state index in [2.05, 4.69) is 50.3 Å². The summed E-state index contributed by atoms with van der Waals surface area (Å²) in [6, 6.07) is 0. The highest BCUT2D eigenvalue weighted by atomic mass is 31.2. The van der Waals surface area contributed by atoms with Crippen molar-refractivity contribution >= 4 is 13.8 Å². The smallest absolute Gasteiger partial charge is 0.457 e. The summed E-state index contributed by atoms with van der Waals surface area (Å²) >= 11 is 0. The van der Waals surface area contributed by atoms with Crippen LogP contribution in [0.4, 0.5) is 0 Å². The third-order valence-corrected chi connectivity index (χ3v) is 13.4. The third kappa shape index (κ3) is 53.7. The molecule has 0 radical (unpaired) electrons. The summed E-state index contributed by atoms with van der Waals surface area (Å²) in [4.78, 5) is 23.0. The maximum absolute atomic E-state index is 12.8. The maximum Gasteiger partial charge on any atom is 0.472 e. The molecule has 9 heteroatoms. The molecule has 0 amide bonds. The van der Waals surface area contributed by atoms with Crippen LogP contribution < -0.4 is 0 Å². The van der Waals surface area contributed by atoms with E-state index < -0.39 is 13.9 Å². The third-order valence-electron chi connectivity index (χ3n) is 12.4. The van der Waals surface area contributed by atoms with Crippen LogP contribution in [0, 0.1) is 0 Å². The molecule has 390 valence electrons. The van der Waals surface area contributed by atoms with E-state index >= 15 is 0 Å². The van der Waals surface area contributed by atoms with Crippen molar-refractivity contribution in [1.29, 1.82) is 0 Å².